The van der Waals surface area contributed by atoms with Crippen LogP contribution in [0.25, 0.3) is 0 Å². The van der Waals surface area contributed by atoms with Gasteiger partial charge in [0.15, 0.2) is 0 Å². The van der Waals surface area contributed by atoms with Gasteiger partial charge < -0.3 is 15.5 Å². The molecule has 7 nitrogen and oxygen atoms in total. The van der Waals surface area contributed by atoms with Gasteiger partial charge in [-0.15, -0.1) is 0 Å². The van der Waals surface area contributed by atoms with Crippen molar-refractivity contribution < 1.29 is 13.6 Å². The molecule has 0 saturated heterocycles. The van der Waals surface area contributed by atoms with Gasteiger partial charge in [0.2, 0.25) is 11.8 Å². The van der Waals surface area contributed by atoms with Gasteiger partial charge in [-0.2, -0.15) is 5.10 Å². The minimum absolute atomic E-state index is 0.0495. The number of rotatable bonds is 6. The van der Waals surface area contributed by atoms with Crippen LogP contribution in [0.4, 0.5) is 26.0 Å². The maximum atomic E-state index is 13.3. The number of nitrogens with zero attached hydrogens (tertiary/aromatic N) is 4. The Labute approximate surface area is 180 Å². The molecule has 0 bridgehead atoms. The molecule has 0 aromatic carbocycles. The van der Waals surface area contributed by atoms with Crippen molar-refractivity contribution in [3.63, 3.8) is 0 Å². The molecule has 3 aliphatic rings. The van der Waals surface area contributed by atoms with Crippen molar-refractivity contribution in [2.24, 2.45) is 11.3 Å². The first-order valence-corrected chi connectivity index (χ1v) is 10.8. The molecule has 166 valence electrons. The van der Waals surface area contributed by atoms with Crippen LogP contribution in [0.5, 0.6) is 0 Å². The summed E-state index contributed by atoms with van der Waals surface area (Å²) in [6.07, 6.45) is 5.67. The number of alkyl halides is 2. The highest BCUT2D eigenvalue weighted by Crippen LogP contribution is 2.52. The van der Waals surface area contributed by atoms with Gasteiger partial charge >= 0.3 is 0 Å². The summed E-state index contributed by atoms with van der Waals surface area (Å²) in [4.78, 5) is 19.2. The first-order valence-electron chi connectivity index (χ1n) is 10.8. The largest absolute Gasteiger partial charge is 0.366 e. The quantitative estimate of drug-likeness (QED) is 0.729. The Morgan fingerprint density at radius 2 is 2.06 bits per heavy atom. The monoisotopic (exact) mass is 430 g/mol. The van der Waals surface area contributed by atoms with Crippen LogP contribution in [-0.2, 0) is 17.9 Å². The Morgan fingerprint density at radius 3 is 2.74 bits per heavy atom. The van der Waals surface area contributed by atoms with Gasteiger partial charge in [-0.1, -0.05) is 6.92 Å². The summed E-state index contributed by atoms with van der Waals surface area (Å²) >= 11 is 0. The van der Waals surface area contributed by atoms with E-state index in [1.165, 1.54) is 0 Å². The Balaban J connectivity index is 1.26. The summed E-state index contributed by atoms with van der Waals surface area (Å²) in [6.45, 7) is 4.79. The number of aryl methyl sites for hydroxylation is 1. The van der Waals surface area contributed by atoms with Crippen molar-refractivity contribution in [3.05, 3.63) is 29.7 Å². The van der Waals surface area contributed by atoms with Crippen LogP contribution in [-0.4, -0.2) is 39.7 Å². The predicted molar refractivity (Wildman–Crippen MR) is 114 cm³/mol. The van der Waals surface area contributed by atoms with Crippen molar-refractivity contribution in [3.8, 4) is 0 Å². The average Bonchev–Trinajstić information content (AvgIpc) is 3.38. The lowest BCUT2D eigenvalue weighted by atomic mass is 9.67. The van der Waals surface area contributed by atoms with Gasteiger partial charge in [0.25, 0.3) is 0 Å². The number of fused-ring (bicyclic) bond motifs is 1. The zero-order chi connectivity index (χ0) is 22.0. The number of halogens is 2. The van der Waals surface area contributed by atoms with E-state index in [0.717, 1.165) is 41.3 Å². The summed E-state index contributed by atoms with van der Waals surface area (Å²) in [6, 6.07) is 1.85. The summed E-state index contributed by atoms with van der Waals surface area (Å²) in [7, 11) is 1.97. The molecule has 2 aromatic rings. The molecule has 9 heteroatoms. The average molecular weight is 431 g/mol. The van der Waals surface area contributed by atoms with E-state index >= 15 is 0 Å². The molecular weight excluding hydrogens is 402 g/mol. The highest BCUT2D eigenvalue weighted by atomic mass is 19.3. The Morgan fingerprint density at radius 1 is 1.32 bits per heavy atom. The summed E-state index contributed by atoms with van der Waals surface area (Å²) < 4.78 is 28.3. The number of carbonyl (C=O) groups excluding carboxylic acids is 1. The molecule has 0 spiro atoms. The summed E-state index contributed by atoms with van der Waals surface area (Å²) in [5.41, 5.74) is 3.08. The Hall–Kier alpha value is -2.71. The van der Waals surface area contributed by atoms with Gasteiger partial charge in [-0.25, -0.2) is 13.8 Å². The van der Waals surface area contributed by atoms with Crippen LogP contribution in [0.15, 0.2) is 18.5 Å². The minimum atomic E-state index is -2.53. The van der Waals surface area contributed by atoms with Crippen LogP contribution >= 0.6 is 0 Å². The van der Waals surface area contributed by atoms with Gasteiger partial charge in [-0.3, -0.25) is 9.48 Å². The second-order valence-corrected chi connectivity index (χ2v) is 9.79. The Bertz CT molecular complexity index is 1020. The fourth-order valence-electron chi connectivity index (χ4n) is 5.12. The van der Waals surface area contributed by atoms with Crippen LogP contribution in [0, 0.1) is 18.3 Å². The fraction of sp³-hybridized carbons (Fsp3) is 0.591. The van der Waals surface area contributed by atoms with E-state index < -0.39 is 11.3 Å². The highest BCUT2D eigenvalue weighted by molar-refractivity contribution is 6.04. The molecule has 2 aromatic heterocycles. The maximum Gasteiger partial charge on any atom is 0.249 e. The molecule has 2 aliphatic carbocycles. The molecule has 31 heavy (non-hydrogen) atoms. The van der Waals surface area contributed by atoms with E-state index in [1.807, 2.05) is 33.2 Å². The second-order valence-electron chi connectivity index (χ2n) is 9.79. The normalized spacial score (nSPS) is 23.7. The molecule has 1 atom stereocenters. The number of aromatic nitrogens is 3. The van der Waals surface area contributed by atoms with Crippen LogP contribution < -0.4 is 15.5 Å². The van der Waals surface area contributed by atoms with E-state index in [2.05, 4.69) is 25.6 Å². The minimum Gasteiger partial charge on any atom is -0.366 e. The number of hydrogen-bond donors (Lipinski definition) is 2. The predicted octanol–water partition coefficient (Wildman–Crippen LogP) is 3.80. The molecule has 3 heterocycles. The molecule has 0 unspecified atom stereocenters. The molecule has 2 fully saturated rings. The molecular formula is C22H28F2N6O. The lowest BCUT2D eigenvalue weighted by Gasteiger charge is -2.44. The number of carbonyl (C=O) groups is 1. The number of anilines is 3. The van der Waals surface area contributed by atoms with Crippen LogP contribution in [0.1, 0.15) is 43.9 Å². The molecule has 2 saturated carbocycles. The van der Waals surface area contributed by atoms with Gasteiger partial charge in [0.05, 0.1) is 23.3 Å². The zero-order valence-corrected chi connectivity index (χ0v) is 18.1. The lowest BCUT2D eigenvalue weighted by Crippen LogP contribution is -2.47. The summed E-state index contributed by atoms with van der Waals surface area (Å²) in [5.74, 6) is -1.33. The van der Waals surface area contributed by atoms with Crippen molar-refractivity contribution in [2.75, 3.05) is 22.6 Å². The highest BCUT2D eigenvalue weighted by Gasteiger charge is 2.53. The van der Waals surface area contributed by atoms with E-state index in [0.29, 0.717) is 19.0 Å². The number of nitrogens with one attached hydrogen (secondary N) is 2. The molecule has 1 amide bonds. The van der Waals surface area contributed by atoms with Crippen molar-refractivity contribution in [1.82, 2.24) is 14.8 Å². The SMILES string of the molecule is Cc1nc(NCc2cnn(CC3(C)CC(F)(F)C3)c2)cc2c1NC(=O)[C@H](C1CC1)N2C. The maximum absolute atomic E-state index is 13.3. The van der Waals surface area contributed by atoms with Crippen LogP contribution in [0.2, 0.25) is 0 Å². The van der Waals surface area contributed by atoms with E-state index in [4.69, 9.17) is 0 Å². The first-order chi connectivity index (χ1) is 14.6. The number of amides is 1. The third kappa shape index (κ3) is 3.85. The molecule has 5 rings (SSSR count). The van der Waals surface area contributed by atoms with E-state index in [9.17, 15) is 13.6 Å². The van der Waals surface area contributed by atoms with E-state index in [1.54, 1.807) is 10.9 Å². The molecule has 1 aliphatic heterocycles. The number of hydrogen-bond acceptors (Lipinski definition) is 5. The third-order valence-corrected chi connectivity index (χ3v) is 6.64. The zero-order valence-electron chi connectivity index (χ0n) is 18.1. The smallest absolute Gasteiger partial charge is 0.249 e. The van der Waals surface area contributed by atoms with Gasteiger partial charge in [-0.05, 0) is 31.1 Å². The number of pyridine rings is 1. The van der Waals surface area contributed by atoms with Crippen molar-refractivity contribution >= 4 is 23.1 Å². The Kier molecular flexibility index (Phi) is 4.50. The third-order valence-electron chi connectivity index (χ3n) is 6.64. The standard InChI is InChI=1S/C22H28F2N6O/c1-13-18-16(29(3)19(15-4-5-15)20(31)28-18)6-17(27-13)25-7-14-8-26-30(9-14)12-21(2)10-22(23,24)11-21/h6,8-9,15,19H,4-5,7,10-12H2,1-3H3,(H,25,27)(H,28,31)/t19-/m0/s1. The lowest BCUT2D eigenvalue weighted by molar-refractivity contribution is -0.159. The van der Waals surface area contributed by atoms with Crippen molar-refractivity contribution in [1.29, 1.82) is 0 Å². The second kappa shape index (κ2) is 6.90. The molecule has 2 N–H and O–H groups in total. The van der Waals surface area contributed by atoms with Crippen LogP contribution in [0.3, 0.4) is 0 Å². The van der Waals surface area contributed by atoms with Gasteiger partial charge in [0.1, 0.15) is 11.9 Å². The topological polar surface area (TPSA) is 75.1 Å². The van der Waals surface area contributed by atoms with E-state index in [-0.39, 0.29) is 24.8 Å². The molecule has 0 radical (unpaired) electrons. The number of likely N-dealkylation sites (N-methyl/N-ethyl adjacent to an activating group) is 1. The first kappa shape index (κ1) is 20.2. The fourth-order valence-corrected chi connectivity index (χ4v) is 5.12. The van der Waals surface area contributed by atoms with Crippen molar-refractivity contribution in [2.45, 2.75) is 64.6 Å². The summed E-state index contributed by atoms with van der Waals surface area (Å²) in [5, 5.41) is 10.7. The van der Waals surface area contributed by atoms with Gasteiger partial charge in [0, 0.05) is 50.8 Å².